The first kappa shape index (κ1) is 8.55. The Kier molecular flexibility index (Phi) is 4.74. The molecule has 1 atom stereocenters. The lowest BCUT2D eigenvalue weighted by Crippen LogP contribution is -2.09. The van der Waals surface area contributed by atoms with Crippen molar-refractivity contribution in [2.75, 3.05) is 4.43 Å². The van der Waals surface area contributed by atoms with Gasteiger partial charge in [0.05, 0.1) is 4.43 Å². The Labute approximate surface area is 67.5 Å². The second-order valence-electron chi connectivity index (χ2n) is 1.22. The normalized spacial score (nSPS) is 12.9. The minimum atomic E-state index is -0.280. The first-order valence-corrected chi connectivity index (χ1v) is 4.14. The second-order valence-corrected chi connectivity index (χ2v) is 2.71. The maximum Gasteiger partial charge on any atom is 0.316 e. The Bertz CT molecular complexity index is 84.1. The fourth-order valence-electron chi connectivity index (χ4n) is 0.222. The lowest BCUT2D eigenvalue weighted by atomic mass is 10.8. The van der Waals surface area contributed by atoms with Gasteiger partial charge in [0.2, 0.25) is 0 Å². The number of carbonyl (C=O) groups is 1. The van der Waals surface area contributed by atoms with Crippen molar-refractivity contribution in [2.24, 2.45) is 0 Å². The molecule has 0 saturated carbocycles. The third-order valence-electron chi connectivity index (χ3n) is 0.411. The molecule has 48 valence electrons. The average molecular weight is 246 g/mol. The number of hydrogen-bond acceptors (Lipinski definition) is 3. The molecule has 0 heterocycles. The van der Waals surface area contributed by atoms with E-state index in [1.807, 2.05) is 22.6 Å². The van der Waals surface area contributed by atoms with Crippen molar-refractivity contribution in [1.29, 1.82) is 0 Å². The minimum Gasteiger partial charge on any atom is -0.451 e. The number of hydrogen-bond donors (Lipinski definition) is 1. The zero-order valence-electron chi connectivity index (χ0n) is 4.43. The van der Waals surface area contributed by atoms with E-state index in [0.717, 1.165) is 0 Å². The van der Waals surface area contributed by atoms with Crippen LogP contribution in [0.4, 0.5) is 0 Å². The van der Waals surface area contributed by atoms with Gasteiger partial charge in [-0.1, -0.05) is 22.6 Å². The maximum absolute atomic E-state index is 10.3. The summed E-state index contributed by atoms with van der Waals surface area (Å²) < 4.78 is 5.01. The molecule has 0 aliphatic rings. The van der Waals surface area contributed by atoms with Crippen LogP contribution in [0.5, 0.6) is 0 Å². The summed E-state index contributed by atoms with van der Waals surface area (Å²) in [5.41, 5.74) is -0.280. The molecule has 0 fully saturated rings. The first-order chi connectivity index (χ1) is 3.66. The van der Waals surface area contributed by atoms with Crippen LogP contribution >= 0.6 is 35.2 Å². The summed E-state index contributed by atoms with van der Waals surface area (Å²) in [5, 5.41) is 0. The zero-order chi connectivity index (χ0) is 6.57. The molecule has 0 N–H and O–H groups in total. The molecule has 0 rings (SSSR count). The third kappa shape index (κ3) is 4.70. The average Bonchev–Trinajstić information content (AvgIpc) is 1.65. The molecule has 1 unspecified atom stereocenters. The topological polar surface area (TPSA) is 26.3 Å². The van der Waals surface area contributed by atoms with Gasteiger partial charge in [-0.2, -0.15) is 0 Å². The highest BCUT2D eigenvalue weighted by molar-refractivity contribution is 14.1. The van der Waals surface area contributed by atoms with E-state index in [-0.39, 0.29) is 11.4 Å². The van der Waals surface area contributed by atoms with Crippen LogP contribution < -0.4 is 0 Å². The lowest BCUT2D eigenvalue weighted by molar-refractivity contribution is -0.140. The highest BCUT2D eigenvalue weighted by atomic mass is 127. The number of esters is 1. The summed E-state index contributed by atoms with van der Waals surface area (Å²) in [7, 11) is 0. The number of thiol groups is 1. The van der Waals surface area contributed by atoms with E-state index in [1.165, 1.54) is 0 Å². The van der Waals surface area contributed by atoms with Gasteiger partial charge >= 0.3 is 5.97 Å². The van der Waals surface area contributed by atoms with E-state index in [4.69, 9.17) is 0 Å². The van der Waals surface area contributed by atoms with Crippen LogP contribution in [0.1, 0.15) is 6.92 Å². The van der Waals surface area contributed by atoms with Crippen molar-refractivity contribution in [3.05, 3.63) is 0 Å². The molecule has 0 saturated heterocycles. The van der Waals surface area contributed by atoms with E-state index in [0.29, 0.717) is 4.43 Å². The third-order valence-corrected chi connectivity index (χ3v) is 1.14. The van der Waals surface area contributed by atoms with Gasteiger partial charge in [0.25, 0.3) is 0 Å². The quantitative estimate of drug-likeness (QED) is 0.261. The minimum absolute atomic E-state index is 0.215. The second kappa shape index (κ2) is 4.43. The van der Waals surface area contributed by atoms with Crippen molar-refractivity contribution < 1.29 is 9.53 Å². The van der Waals surface area contributed by atoms with Crippen LogP contribution in [-0.4, -0.2) is 15.8 Å². The summed E-state index contributed by atoms with van der Waals surface area (Å²) in [6, 6.07) is 0. The fourth-order valence-corrected chi connectivity index (χ4v) is 0.519. The number of rotatable bonds is 2. The van der Waals surface area contributed by atoms with E-state index < -0.39 is 0 Å². The summed E-state index contributed by atoms with van der Waals surface area (Å²) in [6.45, 7) is 1.70. The Morgan fingerprint density at radius 1 is 2.00 bits per heavy atom. The summed E-state index contributed by atoms with van der Waals surface area (Å²) in [4.78, 5) is 10.3. The first-order valence-electron chi connectivity index (χ1n) is 2.10. The zero-order valence-corrected chi connectivity index (χ0v) is 7.48. The van der Waals surface area contributed by atoms with Gasteiger partial charge in [-0.3, -0.25) is 4.79 Å². The lowest BCUT2D eigenvalue weighted by Gasteiger charge is -2.02. The van der Waals surface area contributed by atoms with Crippen LogP contribution in [0, 0.1) is 0 Å². The van der Waals surface area contributed by atoms with Crippen molar-refractivity contribution >= 4 is 41.2 Å². The molecule has 2 nitrogen and oxygen atoms in total. The summed E-state index contributed by atoms with van der Waals surface area (Å²) >= 11 is 5.78. The largest absolute Gasteiger partial charge is 0.451 e. The van der Waals surface area contributed by atoms with Gasteiger partial charge in [0.15, 0.2) is 0 Å². The number of halogens is 1. The van der Waals surface area contributed by atoms with Crippen molar-refractivity contribution in [3.8, 4) is 0 Å². The van der Waals surface area contributed by atoms with Crippen molar-refractivity contribution in [3.63, 3.8) is 0 Å². The Morgan fingerprint density at radius 3 is 2.62 bits per heavy atom. The maximum atomic E-state index is 10.3. The van der Waals surface area contributed by atoms with Crippen LogP contribution in [0.15, 0.2) is 0 Å². The highest BCUT2D eigenvalue weighted by Gasteiger charge is 2.00. The predicted molar refractivity (Wildman–Crippen MR) is 43.4 cm³/mol. The predicted octanol–water partition coefficient (Wildman–Crippen LogP) is 1.24. The molecule has 0 radical (unpaired) electrons. The van der Waals surface area contributed by atoms with E-state index >= 15 is 0 Å². The van der Waals surface area contributed by atoms with E-state index in [9.17, 15) is 4.79 Å². The monoisotopic (exact) mass is 246 g/mol. The van der Waals surface area contributed by atoms with Gasteiger partial charge in [-0.05, 0) is 6.92 Å². The smallest absolute Gasteiger partial charge is 0.316 e. The molecule has 0 spiro atoms. The molecule has 4 heteroatoms. The standard InChI is InChI=1S/C4H7IO2S/c1-3(8)7-4(6)2-5/h3,8H,2H2,1H3. The molecule has 0 aromatic rings. The van der Waals surface area contributed by atoms with Crippen LogP contribution in [0.3, 0.4) is 0 Å². The van der Waals surface area contributed by atoms with Gasteiger partial charge in [-0.25, -0.2) is 0 Å². The molecule has 8 heavy (non-hydrogen) atoms. The Morgan fingerprint density at radius 2 is 2.50 bits per heavy atom. The van der Waals surface area contributed by atoms with Gasteiger partial charge in [0, 0.05) is 0 Å². The van der Waals surface area contributed by atoms with Gasteiger partial charge in [-0.15, -0.1) is 12.6 Å². The van der Waals surface area contributed by atoms with Crippen molar-refractivity contribution in [2.45, 2.75) is 12.4 Å². The Balaban J connectivity index is 3.25. The van der Waals surface area contributed by atoms with Crippen molar-refractivity contribution in [1.82, 2.24) is 0 Å². The molecular weight excluding hydrogens is 239 g/mol. The summed E-state index contributed by atoms with van der Waals surface area (Å²) in [6.07, 6.45) is 0. The molecule has 0 bridgehead atoms. The van der Waals surface area contributed by atoms with E-state index in [1.54, 1.807) is 6.92 Å². The van der Waals surface area contributed by atoms with Gasteiger partial charge in [0.1, 0.15) is 5.44 Å². The molecular formula is C4H7IO2S. The Hall–Kier alpha value is 0.550. The van der Waals surface area contributed by atoms with Gasteiger partial charge < -0.3 is 4.74 Å². The summed E-state index contributed by atoms with van der Waals surface area (Å²) in [5.74, 6) is -0.215. The van der Waals surface area contributed by atoms with Crippen LogP contribution in [-0.2, 0) is 9.53 Å². The fraction of sp³-hybridized carbons (Fsp3) is 0.750. The molecule has 0 aromatic carbocycles. The van der Waals surface area contributed by atoms with Crippen LogP contribution in [0.2, 0.25) is 0 Å². The van der Waals surface area contributed by atoms with Crippen LogP contribution in [0.25, 0.3) is 0 Å². The SMILES string of the molecule is CC(S)OC(=O)CI. The van der Waals surface area contributed by atoms with E-state index in [2.05, 4.69) is 17.4 Å². The number of carbonyl (C=O) groups excluding carboxylic acids is 1. The molecule has 0 aliphatic heterocycles. The molecule has 0 amide bonds. The number of ether oxygens (including phenoxy) is 1. The number of alkyl halides is 1. The molecule has 0 aliphatic carbocycles. The molecule has 0 aromatic heterocycles. The highest BCUT2D eigenvalue weighted by Crippen LogP contribution is 1.96.